The molecule has 5 rings (SSSR count). The predicted molar refractivity (Wildman–Crippen MR) is 115 cm³/mol. The van der Waals surface area contributed by atoms with Crippen molar-refractivity contribution in [3.05, 3.63) is 29.8 Å². The molecule has 0 radical (unpaired) electrons. The van der Waals surface area contributed by atoms with Crippen molar-refractivity contribution in [1.29, 1.82) is 0 Å². The number of ether oxygens (including phenoxy) is 2. The zero-order valence-corrected chi connectivity index (χ0v) is 18.3. The first-order chi connectivity index (χ1) is 13.9. The van der Waals surface area contributed by atoms with Gasteiger partial charge in [0, 0.05) is 19.8 Å². The molecule has 0 aliphatic heterocycles. The van der Waals surface area contributed by atoms with Gasteiger partial charge in [0.15, 0.2) is 0 Å². The van der Waals surface area contributed by atoms with Crippen LogP contribution in [-0.2, 0) is 14.9 Å². The summed E-state index contributed by atoms with van der Waals surface area (Å²) in [7, 11) is 1.72. The van der Waals surface area contributed by atoms with Crippen LogP contribution in [0.2, 0.25) is 0 Å². The van der Waals surface area contributed by atoms with Crippen LogP contribution in [0.15, 0.2) is 24.3 Å². The first-order valence-corrected chi connectivity index (χ1v) is 11.5. The molecule has 4 aliphatic carbocycles. The minimum absolute atomic E-state index is 0.164. The molecule has 29 heavy (non-hydrogen) atoms. The maximum absolute atomic E-state index is 13.3. The molecule has 4 nitrogen and oxygen atoms in total. The lowest BCUT2D eigenvalue weighted by Crippen LogP contribution is -2.59. The van der Waals surface area contributed by atoms with Crippen molar-refractivity contribution < 1.29 is 14.3 Å². The zero-order valence-electron chi connectivity index (χ0n) is 18.3. The van der Waals surface area contributed by atoms with E-state index in [-0.39, 0.29) is 10.8 Å². The molecule has 4 aliphatic rings. The van der Waals surface area contributed by atoms with Gasteiger partial charge in [-0.3, -0.25) is 4.79 Å². The van der Waals surface area contributed by atoms with Gasteiger partial charge in [-0.2, -0.15) is 0 Å². The Labute approximate surface area is 175 Å². The average molecular weight is 400 g/mol. The minimum Gasteiger partial charge on any atom is -0.497 e. The van der Waals surface area contributed by atoms with E-state index in [9.17, 15) is 4.79 Å². The molecule has 0 saturated heterocycles. The van der Waals surface area contributed by atoms with Gasteiger partial charge in [0.25, 0.3) is 0 Å². The van der Waals surface area contributed by atoms with Gasteiger partial charge in [-0.1, -0.05) is 26.0 Å². The van der Waals surface area contributed by atoms with E-state index < -0.39 is 0 Å². The smallest absolute Gasteiger partial charge is 0.226 e. The zero-order chi connectivity index (χ0) is 20.5. The van der Waals surface area contributed by atoms with Crippen LogP contribution in [0.4, 0.5) is 0 Å². The van der Waals surface area contributed by atoms with Crippen LogP contribution < -0.4 is 10.1 Å². The second kappa shape index (κ2) is 8.29. The van der Waals surface area contributed by atoms with Gasteiger partial charge >= 0.3 is 0 Å². The van der Waals surface area contributed by atoms with E-state index in [1.165, 1.54) is 24.8 Å². The van der Waals surface area contributed by atoms with Crippen molar-refractivity contribution in [3.63, 3.8) is 0 Å². The summed E-state index contributed by atoms with van der Waals surface area (Å²) in [5.74, 6) is 3.15. The highest BCUT2D eigenvalue weighted by atomic mass is 16.5. The fourth-order valence-electron chi connectivity index (χ4n) is 6.69. The van der Waals surface area contributed by atoms with E-state index in [0.29, 0.717) is 23.7 Å². The Morgan fingerprint density at radius 1 is 1.14 bits per heavy atom. The molecule has 160 valence electrons. The normalized spacial score (nSPS) is 32.6. The monoisotopic (exact) mass is 399 g/mol. The van der Waals surface area contributed by atoms with Crippen molar-refractivity contribution in [1.82, 2.24) is 5.32 Å². The molecule has 2 atom stereocenters. The number of hydrogen-bond acceptors (Lipinski definition) is 3. The van der Waals surface area contributed by atoms with Gasteiger partial charge in [0.1, 0.15) is 5.75 Å². The Bertz CT molecular complexity index is 697. The van der Waals surface area contributed by atoms with E-state index in [4.69, 9.17) is 9.47 Å². The Kier molecular flexibility index (Phi) is 5.92. The minimum atomic E-state index is -0.164. The number of carbonyl (C=O) groups excluding carboxylic acids is 1. The predicted octanol–water partition coefficient (Wildman–Crippen LogP) is 4.71. The summed E-state index contributed by atoms with van der Waals surface area (Å²) in [6, 6.07) is 8.64. The third-order valence-corrected chi connectivity index (χ3v) is 7.45. The Hall–Kier alpha value is -1.55. The molecule has 0 aromatic heterocycles. The number of rotatable bonds is 9. The summed E-state index contributed by atoms with van der Waals surface area (Å²) in [5, 5.41) is 3.28. The lowest BCUT2D eigenvalue weighted by molar-refractivity contribution is -0.149. The van der Waals surface area contributed by atoms with Crippen molar-refractivity contribution in [3.8, 4) is 5.75 Å². The average Bonchev–Trinajstić information content (AvgIpc) is 2.69. The SMILES string of the molecule is COc1ccc(C23C[C@@H]4C[C@H](CC(C(=O)NCCCOCC(C)C)(C4)C2)C3)cc1. The van der Waals surface area contributed by atoms with Gasteiger partial charge < -0.3 is 14.8 Å². The first kappa shape index (κ1) is 20.7. The number of carbonyl (C=O) groups is 1. The van der Waals surface area contributed by atoms with Crippen molar-refractivity contribution in [2.45, 2.75) is 64.2 Å². The van der Waals surface area contributed by atoms with Crippen LogP contribution in [-0.4, -0.2) is 32.8 Å². The summed E-state index contributed by atoms with van der Waals surface area (Å²) in [5.41, 5.74) is 1.42. The van der Waals surface area contributed by atoms with E-state index in [1.807, 2.05) is 0 Å². The van der Waals surface area contributed by atoms with E-state index in [2.05, 4.69) is 43.4 Å². The van der Waals surface area contributed by atoms with E-state index in [0.717, 1.165) is 51.2 Å². The topological polar surface area (TPSA) is 47.6 Å². The van der Waals surface area contributed by atoms with Crippen LogP contribution in [0.5, 0.6) is 5.75 Å². The molecule has 4 bridgehead atoms. The van der Waals surface area contributed by atoms with E-state index >= 15 is 0 Å². The highest BCUT2D eigenvalue weighted by Crippen LogP contribution is 2.65. The molecule has 4 heteroatoms. The number of amides is 1. The first-order valence-electron chi connectivity index (χ1n) is 11.5. The fraction of sp³-hybridized carbons (Fsp3) is 0.720. The van der Waals surface area contributed by atoms with Gasteiger partial charge in [-0.15, -0.1) is 0 Å². The summed E-state index contributed by atoms with van der Waals surface area (Å²) in [6.45, 7) is 6.57. The largest absolute Gasteiger partial charge is 0.497 e. The van der Waals surface area contributed by atoms with Crippen LogP contribution in [0.1, 0.15) is 64.4 Å². The third-order valence-electron chi connectivity index (χ3n) is 7.45. The molecular formula is C25H37NO3. The highest BCUT2D eigenvalue weighted by Gasteiger charge is 2.60. The van der Waals surface area contributed by atoms with Gasteiger partial charge in [0.05, 0.1) is 12.5 Å². The Balaban J connectivity index is 1.42. The molecule has 0 spiro atoms. The molecule has 1 N–H and O–H groups in total. The van der Waals surface area contributed by atoms with E-state index in [1.54, 1.807) is 7.11 Å². The molecule has 1 aromatic rings. The number of benzene rings is 1. The van der Waals surface area contributed by atoms with Gasteiger partial charge in [-0.25, -0.2) is 0 Å². The molecule has 0 unspecified atom stereocenters. The van der Waals surface area contributed by atoms with Gasteiger partial charge in [0.2, 0.25) is 5.91 Å². The van der Waals surface area contributed by atoms with Crippen LogP contribution >= 0.6 is 0 Å². The summed E-state index contributed by atoms with van der Waals surface area (Å²) in [6.07, 6.45) is 7.87. The molecule has 4 fully saturated rings. The molecule has 1 aromatic carbocycles. The van der Waals surface area contributed by atoms with Crippen LogP contribution in [0, 0.1) is 23.2 Å². The lowest BCUT2D eigenvalue weighted by Gasteiger charge is -2.61. The van der Waals surface area contributed by atoms with Crippen LogP contribution in [0.3, 0.4) is 0 Å². The highest BCUT2D eigenvalue weighted by molar-refractivity contribution is 5.83. The molecule has 0 heterocycles. The number of hydrogen-bond donors (Lipinski definition) is 1. The lowest BCUT2D eigenvalue weighted by atomic mass is 9.42. The second-order valence-electron chi connectivity index (χ2n) is 10.3. The number of methoxy groups -OCH3 is 1. The third kappa shape index (κ3) is 4.19. The van der Waals surface area contributed by atoms with Gasteiger partial charge in [-0.05, 0) is 85.8 Å². The summed E-state index contributed by atoms with van der Waals surface area (Å²) in [4.78, 5) is 13.3. The van der Waals surface area contributed by atoms with Crippen molar-refractivity contribution >= 4 is 5.91 Å². The Morgan fingerprint density at radius 3 is 2.45 bits per heavy atom. The quantitative estimate of drug-likeness (QED) is 0.612. The fourth-order valence-corrected chi connectivity index (χ4v) is 6.69. The Morgan fingerprint density at radius 2 is 1.83 bits per heavy atom. The van der Waals surface area contributed by atoms with Crippen molar-refractivity contribution in [2.75, 3.05) is 26.9 Å². The van der Waals surface area contributed by atoms with Crippen LogP contribution in [0.25, 0.3) is 0 Å². The maximum Gasteiger partial charge on any atom is 0.226 e. The maximum atomic E-state index is 13.3. The summed E-state index contributed by atoms with van der Waals surface area (Å²) >= 11 is 0. The summed E-state index contributed by atoms with van der Waals surface area (Å²) < 4.78 is 11.0. The second-order valence-corrected chi connectivity index (χ2v) is 10.3. The van der Waals surface area contributed by atoms with Crippen molar-refractivity contribution in [2.24, 2.45) is 23.2 Å². The molecular weight excluding hydrogens is 362 g/mol. The standard InChI is InChI=1S/C25H37NO3/c1-18(2)16-29-10-4-9-26-23(27)25-14-19-11-20(15-25)13-24(12-19,17-25)21-5-7-22(28-3)8-6-21/h5-8,18-20H,4,9-17H2,1-3H3,(H,26,27)/t19-,20-,24?,25?/m0/s1. The number of nitrogens with one attached hydrogen (secondary N) is 1. The molecule has 1 amide bonds. The molecule has 4 saturated carbocycles.